The molecule has 124 valence electrons. The molecule has 4 nitrogen and oxygen atoms in total. The first-order valence-electron chi connectivity index (χ1n) is 7.88. The van der Waals surface area contributed by atoms with E-state index in [2.05, 4.69) is 5.32 Å². The van der Waals surface area contributed by atoms with Crippen molar-refractivity contribution in [3.05, 3.63) is 59.8 Å². The first-order valence-corrected chi connectivity index (χ1v) is 8.26. The lowest BCUT2D eigenvalue weighted by molar-refractivity contribution is -0.118. The minimum Gasteiger partial charge on any atom is -0.494 e. The van der Waals surface area contributed by atoms with E-state index in [1.807, 2.05) is 48.9 Å². The molecule has 1 aromatic heterocycles. The lowest BCUT2D eigenvalue weighted by atomic mass is 10.2. The summed E-state index contributed by atoms with van der Waals surface area (Å²) in [5, 5.41) is 4.60. The summed E-state index contributed by atoms with van der Waals surface area (Å²) in [4.78, 5) is 12.5. The molecule has 0 bridgehead atoms. The van der Waals surface area contributed by atoms with Crippen LogP contribution in [0.15, 0.2) is 54.7 Å². The summed E-state index contributed by atoms with van der Waals surface area (Å²) < 4.78 is 7.48. The Labute approximate surface area is 146 Å². The molecule has 0 fully saturated rings. The number of aromatic nitrogens is 1. The van der Waals surface area contributed by atoms with Gasteiger partial charge in [0.05, 0.1) is 6.61 Å². The van der Waals surface area contributed by atoms with Gasteiger partial charge in [-0.25, -0.2) is 0 Å². The van der Waals surface area contributed by atoms with Gasteiger partial charge in [0, 0.05) is 27.8 Å². The van der Waals surface area contributed by atoms with Gasteiger partial charge < -0.3 is 14.6 Å². The Balaban J connectivity index is 1.81. The van der Waals surface area contributed by atoms with Crippen LogP contribution in [0.5, 0.6) is 5.75 Å². The van der Waals surface area contributed by atoms with E-state index in [4.69, 9.17) is 16.3 Å². The van der Waals surface area contributed by atoms with Gasteiger partial charge in [-0.15, -0.1) is 0 Å². The van der Waals surface area contributed by atoms with Crippen molar-refractivity contribution >= 4 is 34.1 Å². The normalized spacial score (nSPS) is 12.1. The fraction of sp³-hybridized carbons (Fsp3) is 0.211. The van der Waals surface area contributed by atoms with Crippen LogP contribution in [0.2, 0.25) is 5.02 Å². The highest BCUT2D eigenvalue weighted by Crippen LogP contribution is 2.25. The van der Waals surface area contributed by atoms with Crippen LogP contribution < -0.4 is 10.1 Å². The third kappa shape index (κ3) is 3.39. The van der Waals surface area contributed by atoms with Gasteiger partial charge in [-0.1, -0.05) is 11.6 Å². The summed E-state index contributed by atoms with van der Waals surface area (Å²) >= 11 is 5.87. The maximum Gasteiger partial charge on any atom is 0.247 e. The van der Waals surface area contributed by atoms with Crippen molar-refractivity contribution in [1.82, 2.24) is 4.57 Å². The number of ether oxygens (including phenoxy) is 1. The second-order valence-corrected chi connectivity index (χ2v) is 5.99. The van der Waals surface area contributed by atoms with Crippen LogP contribution in [-0.2, 0) is 4.79 Å². The molecule has 24 heavy (non-hydrogen) atoms. The average Bonchev–Trinajstić information content (AvgIpc) is 2.99. The zero-order valence-corrected chi connectivity index (χ0v) is 14.4. The van der Waals surface area contributed by atoms with E-state index in [1.54, 1.807) is 24.3 Å². The zero-order chi connectivity index (χ0) is 17.1. The monoisotopic (exact) mass is 342 g/mol. The van der Waals surface area contributed by atoms with E-state index >= 15 is 0 Å². The van der Waals surface area contributed by atoms with Gasteiger partial charge in [0.2, 0.25) is 5.91 Å². The number of hydrogen-bond donors (Lipinski definition) is 1. The van der Waals surface area contributed by atoms with E-state index in [0.717, 1.165) is 22.3 Å². The smallest absolute Gasteiger partial charge is 0.247 e. The molecule has 0 saturated heterocycles. The Bertz CT molecular complexity index is 855. The number of amides is 1. The first-order chi connectivity index (χ1) is 11.6. The van der Waals surface area contributed by atoms with Crippen LogP contribution in [0, 0.1) is 0 Å². The van der Waals surface area contributed by atoms with Crippen LogP contribution in [0.3, 0.4) is 0 Å². The summed E-state index contributed by atoms with van der Waals surface area (Å²) in [5.74, 6) is 0.754. The maximum absolute atomic E-state index is 12.5. The topological polar surface area (TPSA) is 43.3 Å². The second kappa shape index (κ2) is 6.97. The minimum absolute atomic E-state index is 0.0799. The largest absolute Gasteiger partial charge is 0.494 e. The van der Waals surface area contributed by atoms with Crippen molar-refractivity contribution < 1.29 is 9.53 Å². The number of hydrogen-bond acceptors (Lipinski definition) is 2. The molecule has 0 spiro atoms. The molecule has 1 N–H and O–H groups in total. The van der Waals surface area contributed by atoms with E-state index in [-0.39, 0.29) is 11.9 Å². The number of fused-ring (bicyclic) bond motifs is 1. The molecular weight excluding hydrogens is 324 g/mol. The summed E-state index contributed by atoms with van der Waals surface area (Å²) in [6, 6.07) is 14.6. The Morgan fingerprint density at radius 3 is 2.67 bits per heavy atom. The van der Waals surface area contributed by atoms with Crippen molar-refractivity contribution in [2.45, 2.75) is 19.9 Å². The highest BCUT2D eigenvalue weighted by atomic mass is 35.5. The SMILES string of the molecule is CCOc1ccc2c(ccn2C(C)C(=O)Nc2ccc(Cl)cc2)c1. The number of anilines is 1. The fourth-order valence-electron chi connectivity index (χ4n) is 2.64. The van der Waals surface area contributed by atoms with Gasteiger partial charge in [0.25, 0.3) is 0 Å². The quantitative estimate of drug-likeness (QED) is 0.717. The molecule has 3 aromatic rings. The summed E-state index contributed by atoms with van der Waals surface area (Å²) in [6.45, 7) is 4.46. The molecule has 0 aliphatic carbocycles. The highest BCUT2D eigenvalue weighted by Gasteiger charge is 2.17. The van der Waals surface area contributed by atoms with Crippen LogP contribution >= 0.6 is 11.6 Å². The number of nitrogens with zero attached hydrogens (tertiary/aromatic N) is 1. The van der Waals surface area contributed by atoms with Crippen LogP contribution in [0.4, 0.5) is 5.69 Å². The molecule has 1 unspecified atom stereocenters. The van der Waals surface area contributed by atoms with E-state index in [1.165, 1.54) is 0 Å². The molecule has 1 atom stereocenters. The van der Waals surface area contributed by atoms with Crippen molar-refractivity contribution in [3.8, 4) is 5.75 Å². The Hall–Kier alpha value is -2.46. The summed E-state index contributed by atoms with van der Waals surface area (Å²) in [7, 11) is 0. The molecular formula is C19H19ClN2O2. The van der Waals surface area contributed by atoms with Gasteiger partial charge >= 0.3 is 0 Å². The van der Waals surface area contributed by atoms with Gasteiger partial charge in [-0.05, 0) is 62.4 Å². The lowest BCUT2D eigenvalue weighted by Crippen LogP contribution is -2.23. The molecule has 3 rings (SSSR count). The third-order valence-corrected chi connectivity index (χ3v) is 4.16. The van der Waals surface area contributed by atoms with Crippen molar-refractivity contribution in [2.24, 2.45) is 0 Å². The molecule has 0 saturated carbocycles. The number of halogens is 1. The van der Waals surface area contributed by atoms with Gasteiger partial charge in [-0.2, -0.15) is 0 Å². The minimum atomic E-state index is -0.337. The van der Waals surface area contributed by atoms with E-state index in [9.17, 15) is 4.79 Å². The van der Waals surface area contributed by atoms with Gasteiger partial charge in [0.15, 0.2) is 0 Å². The first kappa shape index (κ1) is 16.4. The molecule has 1 amide bonds. The van der Waals surface area contributed by atoms with Gasteiger partial charge in [-0.3, -0.25) is 4.79 Å². The molecule has 0 radical (unpaired) electrons. The number of carbonyl (C=O) groups is 1. The number of benzene rings is 2. The fourth-order valence-corrected chi connectivity index (χ4v) is 2.77. The maximum atomic E-state index is 12.5. The van der Waals surface area contributed by atoms with Gasteiger partial charge in [0.1, 0.15) is 11.8 Å². The molecule has 1 heterocycles. The van der Waals surface area contributed by atoms with Crippen LogP contribution in [0.1, 0.15) is 19.9 Å². The Morgan fingerprint density at radius 2 is 1.96 bits per heavy atom. The highest BCUT2D eigenvalue weighted by molar-refractivity contribution is 6.30. The summed E-state index contributed by atoms with van der Waals surface area (Å²) in [6.07, 6.45) is 1.92. The standard InChI is InChI=1S/C19H19ClN2O2/c1-3-24-17-8-9-18-14(12-17)10-11-22(18)13(2)19(23)21-16-6-4-15(20)5-7-16/h4-13H,3H2,1-2H3,(H,21,23). The third-order valence-electron chi connectivity index (χ3n) is 3.91. The van der Waals surface area contributed by atoms with Crippen molar-refractivity contribution in [3.63, 3.8) is 0 Å². The Kier molecular flexibility index (Phi) is 4.76. The molecule has 0 aliphatic rings. The van der Waals surface area contributed by atoms with E-state index in [0.29, 0.717) is 11.6 Å². The summed E-state index contributed by atoms with van der Waals surface area (Å²) in [5.41, 5.74) is 1.73. The second-order valence-electron chi connectivity index (χ2n) is 5.55. The number of rotatable bonds is 5. The van der Waals surface area contributed by atoms with Crippen LogP contribution in [-0.4, -0.2) is 17.1 Å². The van der Waals surface area contributed by atoms with E-state index < -0.39 is 0 Å². The predicted octanol–water partition coefficient (Wildman–Crippen LogP) is 4.89. The lowest BCUT2D eigenvalue weighted by Gasteiger charge is -2.15. The molecule has 0 aliphatic heterocycles. The van der Waals surface area contributed by atoms with Crippen molar-refractivity contribution in [2.75, 3.05) is 11.9 Å². The zero-order valence-electron chi connectivity index (χ0n) is 13.6. The molecule has 2 aromatic carbocycles. The van der Waals surface area contributed by atoms with Crippen molar-refractivity contribution in [1.29, 1.82) is 0 Å². The average molecular weight is 343 g/mol. The molecule has 5 heteroatoms. The Morgan fingerprint density at radius 1 is 1.21 bits per heavy atom. The number of carbonyl (C=O) groups excluding carboxylic acids is 1. The van der Waals surface area contributed by atoms with Crippen LogP contribution in [0.25, 0.3) is 10.9 Å². The predicted molar refractivity (Wildman–Crippen MR) is 97.9 cm³/mol. The number of nitrogens with one attached hydrogen (secondary N) is 1.